The fraction of sp³-hybridized carbons (Fsp3) is 0. The molecule has 0 amide bonds. The van der Waals surface area contributed by atoms with Crippen molar-refractivity contribution in [3.63, 3.8) is 0 Å². The molecule has 0 aliphatic heterocycles. The number of nitro benzene ring substituents is 1. The van der Waals surface area contributed by atoms with Crippen LogP contribution in [0.4, 0.5) is 28.4 Å². The van der Waals surface area contributed by atoms with Crippen molar-refractivity contribution in [2.45, 2.75) is 4.90 Å². The van der Waals surface area contributed by atoms with Crippen molar-refractivity contribution in [1.82, 2.24) is 4.98 Å². The number of fused-ring (bicyclic) bond motifs is 2. The Balaban J connectivity index is 0.00000387. The Bertz CT molecular complexity index is 2020. The first-order valence-electron chi connectivity index (χ1n) is 11.2. The molecule has 0 atom stereocenters. The van der Waals surface area contributed by atoms with Crippen LogP contribution in [-0.2, 0) is 10.1 Å². The van der Waals surface area contributed by atoms with E-state index in [0.29, 0.717) is 16.6 Å². The summed E-state index contributed by atoms with van der Waals surface area (Å²) in [5.41, 5.74) is -0.267. The first-order chi connectivity index (χ1) is 19.0. The maximum atomic E-state index is 12.1. The summed E-state index contributed by atoms with van der Waals surface area (Å²) in [4.78, 5) is 13.5. The predicted molar refractivity (Wildman–Crippen MR) is 148 cm³/mol. The quantitative estimate of drug-likeness (QED) is 0.0594. The number of rotatable bonds is 6. The summed E-state index contributed by atoms with van der Waals surface area (Å²) < 4.78 is 34.1. The summed E-state index contributed by atoms with van der Waals surface area (Å²) in [7, 11) is -4.93. The molecule has 0 saturated carbocycles. The predicted octanol–water partition coefficient (Wildman–Crippen LogP) is 6.11. The number of azo groups is 2. The molecular formula is C25H16N6NaO8S. The monoisotopic (exact) mass is 583 g/mol. The number of aromatic hydroxyl groups is 3. The van der Waals surface area contributed by atoms with Crippen molar-refractivity contribution in [1.29, 1.82) is 0 Å². The van der Waals surface area contributed by atoms with E-state index < -0.39 is 42.8 Å². The summed E-state index contributed by atoms with van der Waals surface area (Å²) in [5.74, 6) is -1.28. The van der Waals surface area contributed by atoms with Crippen LogP contribution in [-0.4, -0.2) is 67.8 Å². The second-order valence-corrected chi connectivity index (χ2v) is 9.68. The van der Waals surface area contributed by atoms with Crippen LogP contribution >= 0.6 is 0 Å². The van der Waals surface area contributed by atoms with Crippen molar-refractivity contribution in [3.8, 4) is 17.2 Å². The van der Waals surface area contributed by atoms with Crippen LogP contribution in [0.25, 0.3) is 21.7 Å². The molecule has 1 radical (unpaired) electrons. The first kappa shape index (κ1) is 29.4. The molecular weight excluding hydrogens is 567 g/mol. The molecule has 1 heterocycles. The van der Waals surface area contributed by atoms with E-state index >= 15 is 0 Å². The molecule has 4 aromatic carbocycles. The summed E-state index contributed by atoms with van der Waals surface area (Å²) in [6, 6.07) is 14.7. The number of non-ortho nitro benzene ring substituents is 1. The van der Waals surface area contributed by atoms with Crippen LogP contribution in [0.15, 0.2) is 98.3 Å². The van der Waals surface area contributed by atoms with Gasteiger partial charge in [-0.15, -0.1) is 15.3 Å². The van der Waals surface area contributed by atoms with Gasteiger partial charge >= 0.3 is 0 Å². The Morgan fingerprint density at radius 2 is 1.54 bits per heavy atom. The summed E-state index contributed by atoms with van der Waals surface area (Å²) >= 11 is 0. The maximum Gasteiger partial charge on any atom is 0.296 e. The molecule has 16 heteroatoms. The zero-order chi connectivity index (χ0) is 28.6. The average molecular weight is 583 g/mol. The van der Waals surface area contributed by atoms with Crippen molar-refractivity contribution in [2.75, 3.05) is 0 Å². The van der Waals surface area contributed by atoms with Crippen LogP contribution in [0.2, 0.25) is 0 Å². The van der Waals surface area contributed by atoms with E-state index in [9.17, 15) is 38.4 Å². The zero-order valence-electron chi connectivity index (χ0n) is 20.9. The number of nitro groups is 1. The molecule has 14 nitrogen and oxygen atoms in total. The van der Waals surface area contributed by atoms with Gasteiger partial charge in [0.15, 0.2) is 5.75 Å². The van der Waals surface area contributed by atoms with Crippen LogP contribution in [0.3, 0.4) is 0 Å². The minimum absolute atomic E-state index is 0. The molecule has 0 aliphatic carbocycles. The van der Waals surface area contributed by atoms with Gasteiger partial charge in [-0.1, -0.05) is 0 Å². The number of hydrogen-bond donors (Lipinski definition) is 4. The average Bonchev–Trinajstić information content (AvgIpc) is 2.92. The second-order valence-electron chi connectivity index (χ2n) is 8.29. The summed E-state index contributed by atoms with van der Waals surface area (Å²) in [6.07, 6.45) is 1.52. The Hall–Kier alpha value is -4.54. The molecule has 4 N–H and O–H groups in total. The van der Waals surface area contributed by atoms with Gasteiger partial charge in [0.2, 0.25) is 0 Å². The zero-order valence-corrected chi connectivity index (χ0v) is 23.8. The molecule has 41 heavy (non-hydrogen) atoms. The molecule has 0 bridgehead atoms. The smallest absolute Gasteiger partial charge is 0.296 e. The maximum absolute atomic E-state index is 12.1. The molecule has 0 spiro atoms. The number of pyridine rings is 1. The van der Waals surface area contributed by atoms with Gasteiger partial charge in [0, 0.05) is 52.6 Å². The number of benzene rings is 4. The third-order valence-electron chi connectivity index (χ3n) is 5.74. The molecule has 0 aliphatic rings. The standard InChI is InChI=1S/C25H16N6O8S.Na/c32-20-8-7-18(17-2-1-9-26-23(17)20)28-27-14-3-5-16-13(10-14)11-22(40(37,38)39)24(25(16)34)30-29-19-6-4-15(31(35)36)12-21(19)33;/h1-12,32-34H,(H,37,38,39);. The molecule has 201 valence electrons. The molecule has 5 aromatic rings. The molecule has 0 unspecified atom stereocenters. The van der Waals surface area contributed by atoms with E-state index in [1.54, 1.807) is 18.2 Å². The van der Waals surface area contributed by atoms with Crippen LogP contribution in [0.5, 0.6) is 17.2 Å². The van der Waals surface area contributed by atoms with E-state index in [0.717, 1.165) is 24.3 Å². The van der Waals surface area contributed by atoms with Gasteiger partial charge in [-0.05, 0) is 60.0 Å². The van der Waals surface area contributed by atoms with Gasteiger partial charge < -0.3 is 15.3 Å². The largest absolute Gasteiger partial charge is 0.506 e. The van der Waals surface area contributed by atoms with Crippen molar-refractivity contribution >= 4 is 89.8 Å². The van der Waals surface area contributed by atoms with Crippen LogP contribution in [0, 0.1) is 10.1 Å². The third kappa shape index (κ3) is 5.98. The van der Waals surface area contributed by atoms with Crippen molar-refractivity contribution in [3.05, 3.63) is 83.0 Å². The van der Waals surface area contributed by atoms with Gasteiger partial charge in [0.1, 0.15) is 33.3 Å². The van der Waals surface area contributed by atoms with Gasteiger partial charge in [0.25, 0.3) is 15.8 Å². The molecule has 0 saturated heterocycles. The van der Waals surface area contributed by atoms with Gasteiger partial charge in [-0.2, -0.15) is 13.5 Å². The fourth-order valence-electron chi connectivity index (χ4n) is 3.85. The van der Waals surface area contributed by atoms with E-state index in [2.05, 4.69) is 25.4 Å². The van der Waals surface area contributed by atoms with Crippen LogP contribution < -0.4 is 0 Å². The molecule has 5 rings (SSSR count). The normalized spacial score (nSPS) is 11.8. The topological polar surface area (TPSA) is 221 Å². The first-order valence-corrected chi connectivity index (χ1v) is 12.6. The number of hydrogen-bond acceptors (Lipinski definition) is 12. The van der Waals surface area contributed by atoms with Gasteiger partial charge in [0.05, 0.1) is 22.4 Å². The Morgan fingerprint density at radius 3 is 2.24 bits per heavy atom. The van der Waals surface area contributed by atoms with E-state index in [4.69, 9.17) is 0 Å². The number of phenolic OH excluding ortho intramolecular Hbond substituents is 3. The minimum Gasteiger partial charge on any atom is -0.506 e. The van der Waals surface area contributed by atoms with Gasteiger partial charge in [-0.25, -0.2) is 0 Å². The Kier molecular flexibility index (Phi) is 8.27. The Labute approximate surface area is 252 Å². The number of nitrogens with zero attached hydrogens (tertiary/aromatic N) is 6. The van der Waals surface area contributed by atoms with Gasteiger partial charge in [-0.3, -0.25) is 19.7 Å². The minimum atomic E-state index is -4.93. The summed E-state index contributed by atoms with van der Waals surface area (Å²) in [5, 5.41) is 58.3. The van der Waals surface area contributed by atoms with E-state index in [-0.39, 0.29) is 57.5 Å². The third-order valence-corrected chi connectivity index (χ3v) is 6.61. The summed E-state index contributed by atoms with van der Waals surface area (Å²) in [6.45, 7) is 0. The second kappa shape index (κ2) is 11.5. The number of phenols is 3. The van der Waals surface area contributed by atoms with Crippen molar-refractivity contribution in [2.24, 2.45) is 20.5 Å². The Morgan fingerprint density at radius 1 is 0.805 bits per heavy atom. The number of aromatic nitrogens is 1. The molecule has 0 fully saturated rings. The molecule has 1 aromatic heterocycles. The van der Waals surface area contributed by atoms with E-state index in [1.807, 2.05) is 0 Å². The van der Waals surface area contributed by atoms with Crippen LogP contribution in [0.1, 0.15) is 0 Å². The fourth-order valence-corrected chi connectivity index (χ4v) is 4.51. The van der Waals surface area contributed by atoms with E-state index in [1.165, 1.54) is 30.5 Å². The SMILES string of the molecule is O=[N+]([O-])c1ccc(N=Nc2c(S(=O)(=O)O)cc3cc(N=Nc4ccc(O)c5ncccc45)ccc3c2O)c(O)c1.[Na]. The van der Waals surface area contributed by atoms with Crippen molar-refractivity contribution < 1.29 is 33.2 Å².